The number of rotatable bonds is 9. The lowest BCUT2D eigenvalue weighted by Gasteiger charge is -2.06. The van der Waals surface area contributed by atoms with Crippen molar-refractivity contribution in [2.24, 2.45) is 4.99 Å². The number of nitrogens with one attached hydrogen (secondary N) is 2. The van der Waals surface area contributed by atoms with Crippen LogP contribution in [0.2, 0.25) is 0 Å². The summed E-state index contributed by atoms with van der Waals surface area (Å²) in [7, 11) is -0.0562. The number of aliphatic imine (C=N–C) groups is 1. The standard InChI is InChI=1S/C20H24N4O4S2/c1-24(2)12-15-8-9-16(28-15)13-29-11-10-22-20-17(21)19(30(26,27)23-20)18(25)14-6-4-3-5-7-14/h3-9,19,21H,10-13H2,1-2H3,(H,22,23). The van der Waals surface area contributed by atoms with E-state index in [-0.39, 0.29) is 17.1 Å². The first-order chi connectivity index (χ1) is 14.3. The number of sulfonamides is 1. The van der Waals surface area contributed by atoms with Crippen LogP contribution in [0.1, 0.15) is 21.9 Å². The van der Waals surface area contributed by atoms with Gasteiger partial charge in [-0.1, -0.05) is 30.3 Å². The highest BCUT2D eigenvalue weighted by molar-refractivity contribution is 7.98. The molecule has 1 saturated heterocycles. The molecule has 3 rings (SSSR count). The minimum absolute atomic E-state index is 0.0591. The lowest BCUT2D eigenvalue weighted by atomic mass is 10.0. The third kappa shape index (κ3) is 5.38. The summed E-state index contributed by atoms with van der Waals surface area (Å²) < 4.78 is 32.7. The Labute approximate surface area is 180 Å². The zero-order valence-electron chi connectivity index (χ0n) is 16.8. The van der Waals surface area contributed by atoms with Crippen LogP contribution in [0.15, 0.2) is 51.9 Å². The molecule has 0 amide bonds. The molecule has 1 fully saturated rings. The predicted octanol–water partition coefficient (Wildman–Crippen LogP) is 2.18. The van der Waals surface area contributed by atoms with Crippen LogP contribution in [-0.4, -0.2) is 62.3 Å². The van der Waals surface area contributed by atoms with Crippen molar-refractivity contribution >= 4 is 39.1 Å². The zero-order chi connectivity index (χ0) is 21.7. The maximum absolute atomic E-state index is 12.6. The molecular weight excluding hydrogens is 424 g/mol. The Bertz CT molecular complexity index is 1050. The summed E-state index contributed by atoms with van der Waals surface area (Å²) in [5, 5.41) is 6.59. The van der Waals surface area contributed by atoms with E-state index in [9.17, 15) is 13.2 Å². The predicted molar refractivity (Wildman–Crippen MR) is 119 cm³/mol. The van der Waals surface area contributed by atoms with Crippen LogP contribution in [0.3, 0.4) is 0 Å². The third-order valence-corrected chi connectivity index (χ3v) is 6.81. The molecule has 1 aliphatic rings. The van der Waals surface area contributed by atoms with Crippen molar-refractivity contribution in [3.05, 3.63) is 59.5 Å². The van der Waals surface area contributed by atoms with Gasteiger partial charge >= 0.3 is 0 Å². The largest absolute Gasteiger partial charge is 0.464 e. The number of ketones is 1. The highest BCUT2D eigenvalue weighted by Gasteiger charge is 2.46. The van der Waals surface area contributed by atoms with Crippen LogP contribution in [-0.2, 0) is 22.3 Å². The van der Waals surface area contributed by atoms with Gasteiger partial charge in [-0.15, -0.1) is 0 Å². The summed E-state index contributed by atoms with van der Waals surface area (Å²) in [6.45, 7) is 1.06. The number of hydrogen-bond acceptors (Lipinski definition) is 8. The summed E-state index contributed by atoms with van der Waals surface area (Å²) in [5.41, 5.74) is -0.0604. The van der Waals surface area contributed by atoms with Crippen molar-refractivity contribution in [1.82, 2.24) is 9.62 Å². The summed E-state index contributed by atoms with van der Waals surface area (Å²) in [6, 6.07) is 12.0. The fourth-order valence-electron chi connectivity index (χ4n) is 2.96. The molecule has 2 aromatic rings. The smallest absolute Gasteiger partial charge is 0.250 e. The molecule has 2 heterocycles. The Morgan fingerprint density at radius 3 is 2.60 bits per heavy atom. The Morgan fingerprint density at radius 1 is 1.20 bits per heavy atom. The van der Waals surface area contributed by atoms with Crippen LogP contribution in [0.25, 0.3) is 0 Å². The van der Waals surface area contributed by atoms with E-state index in [1.165, 1.54) is 12.1 Å². The van der Waals surface area contributed by atoms with E-state index in [1.807, 2.05) is 31.1 Å². The lowest BCUT2D eigenvalue weighted by Crippen LogP contribution is -2.33. The van der Waals surface area contributed by atoms with Gasteiger partial charge in [-0.05, 0) is 26.2 Å². The van der Waals surface area contributed by atoms with Gasteiger partial charge < -0.3 is 9.32 Å². The van der Waals surface area contributed by atoms with Crippen LogP contribution >= 0.6 is 11.8 Å². The van der Waals surface area contributed by atoms with Crippen LogP contribution < -0.4 is 4.72 Å². The molecular formula is C20H24N4O4S2. The fourth-order valence-corrected chi connectivity index (χ4v) is 5.09. The zero-order valence-corrected chi connectivity index (χ0v) is 18.4. The minimum atomic E-state index is -4.01. The van der Waals surface area contributed by atoms with Gasteiger partial charge in [-0.2, -0.15) is 11.8 Å². The highest BCUT2D eigenvalue weighted by Crippen LogP contribution is 2.18. The molecule has 10 heteroatoms. The summed E-state index contributed by atoms with van der Waals surface area (Å²) in [6.07, 6.45) is 0. The van der Waals surface area contributed by atoms with Gasteiger partial charge in [0.15, 0.2) is 16.9 Å². The lowest BCUT2D eigenvalue weighted by molar-refractivity contribution is 0.100. The van der Waals surface area contributed by atoms with Crippen LogP contribution in [0.5, 0.6) is 0 Å². The number of Topliss-reactive ketones (excluding diaryl/α,β-unsaturated/α-hetero) is 1. The monoisotopic (exact) mass is 448 g/mol. The molecule has 0 bridgehead atoms. The van der Waals surface area contributed by atoms with E-state index >= 15 is 0 Å². The average molecular weight is 449 g/mol. The van der Waals surface area contributed by atoms with E-state index in [0.717, 1.165) is 18.1 Å². The molecule has 1 aromatic heterocycles. The Kier molecular flexibility index (Phi) is 7.11. The number of nitrogens with zero attached hydrogens (tertiary/aromatic N) is 2. The molecule has 30 heavy (non-hydrogen) atoms. The topological polar surface area (TPSA) is 116 Å². The number of carbonyl (C=O) groups is 1. The second kappa shape index (κ2) is 9.59. The molecule has 1 atom stereocenters. The maximum Gasteiger partial charge on any atom is 0.250 e. The van der Waals surface area contributed by atoms with E-state index < -0.39 is 21.1 Å². The Balaban J connectivity index is 1.54. The Morgan fingerprint density at radius 2 is 1.90 bits per heavy atom. The highest BCUT2D eigenvalue weighted by atomic mass is 32.2. The second-order valence-electron chi connectivity index (χ2n) is 7.06. The number of carbonyl (C=O) groups excluding carboxylic acids is 1. The number of amidine groups is 1. The molecule has 160 valence electrons. The first-order valence-electron chi connectivity index (χ1n) is 9.32. The molecule has 0 spiro atoms. The third-order valence-electron chi connectivity index (χ3n) is 4.30. The number of benzene rings is 1. The quantitative estimate of drug-likeness (QED) is 0.449. The average Bonchev–Trinajstić information content (AvgIpc) is 3.22. The SMILES string of the molecule is CN(C)Cc1ccc(CSCCN=C2NS(=O)(=O)C(C(=O)c3ccccc3)C2=N)o1. The van der Waals surface area contributed by atoms with E-state index in [2.05, 4.69) is 9.71 Å². The van der Waals surface area contributed by atoms with Crippen LogP contribution in [0, 0.1) is 5.41 Å². The minimum Gasteiger partial charge on any atom is -0.464 e. The molecule has 0 saturated carbocycles. The van der Waals surface area contributed by atoms with Crippen molar-refractivity contribution < 1.29 is 17.6 Å². The van der Waals surface area contributed by atoms with Gasteiger partial charge in [-0.3, -0.25) is 19.9 Å². The Hall–Kier alpha value is -2.43. The number of thioether (sulfide) groups is 1. The van der Waals surface area contributed by atoms with Gasteiger partial charge in [-0.25, -0.2) is 8.42 Å². The van der Waals surface area contributed by atoms with E-state index in [0.29, 0.717) is 18.1 Å². The van der Waals surface area contributed by atoms with Gasteiger partial charge in [0.1, 0.15) is 17.2 Å². The molecule has 0 radical (unpaired) electrons. The molecule has 1 aliphatic heterocycles. The second-order valence-corrected chi connectivity index (χ2v) is 9.93. The van der Waals surface area contributed by atoms with Crippen molar-refractivity contribution in [2.45, 2.75) is 17.5 Å². The van der Waals surface area contributed by atoms with E-state index in [1.54, 1.807) is 30.0 Å². The molecule has 1 unspecified atom stereocenters. The van der Waals surface area contributed by atoms with Gasteiger partial charge in [0.25, 0.3) is 0 Å². The first-order valence-corrected chi connectivity index (χ1v) is 12.0. The molecule has 0 aliphatic carbocycles. The summed E-state index contributed by atoms with van der Waals surface area (Å²) in [5.74, 6) is 2.39. The van der Waals surface area contributed by atoms with Crippen molar-refractivity contribution in [3.8, 4) is 0 Å². The van der Waals surface area contributed by atoms with E-state index in [4.69, 9.17) is 9.83 Å². The fraction of sp³-hybridized carbons (Fsp3) is 0.350. The molecule has 1 aromatic carbocycles. The maximum atomic E-state index is 12.6. The van der Waals surface area contributed by atoms with Crippen LogP contribution in [0.4, 0.5) is 0 Å². The molecule has 2 N–H and O–H groups in total. The number of furan rings is 1. The summed E-state index contributed by atoms with van der Waals surface area (Å²) >= 11 is 1.60. The van der Waals surface area contributed by atoms with Crippen molar-refractivity contribution in [2.75, 3.05) is 26.4 Å². The number of hydrogen-bond donors (Lipinski definition) is 2. The van der Waals surface area contributed by atoms with Crippen molar-refractivity contribution in [3.63, 3.8) is 0 Å². The van der Waals surface area contributed by atoms with Gasteiger partial charge in [0.05, 0.1) is 18.8 Å². The first kappa shape index (κ1) is 22.3. The van der Waals surface area contributed by atoms with Gasteiger partial charge in [0, 0.05) is 11.3 Å². The van der Waals surface area contributed by atoms with Crippen molar-refractivity contribution in [1.29, 1.82) is 5.41 Å². The van der Waals surface area contributed by atoms with Gasteiger partial charge in [0.2, 0.25) is 10.0 Å². The normalized spacial score (nSPS) is 19.4. The molecule has 8 nitrogen and oxygen atoms in total. The summed E-state index contributed by atoms with van der Waals surface area (Å²) in [4.78, 5) is 18.8.